The lowest BCUT2D eigenvalue weighted by Crippen LogP contribution is -2.24. The number of ether oxygens (including phenoxy) is 1. The highest BCUT2D eigenvalue weighted by atomic mass is 79.9. The highest BCUT2D eigenvalue weighted by Crippen LogP contribution is 2.06. The average Bonchev–Trinajstić information content (AvgIpc) is 2.28. The third-order valence-electron chi connectivity index (χ3n) is 0.957. The van der Waals surface area contributed by atoms with E-state index in [4.69, 9.17) is 28.1 Å². The number of alkyl halides is 1. The van der Waals surface area contributed by atoms with Crippen LogP contribution in [0.3, 0.4) is 0 Å². The summed E-state index contributed by atoms with van der Waals surface area (Å²) in [5.41, 5.74) is -0.470. The van der Waals surface area contributed by atoms with Gasteiger partial charge in [0.2, 0.25) is 0 Å². The summed E-state index contributed by atoms with van der Waals surface area (Å²) >= 11 is 2.71. The molecule has 9 heteroatoms. The molecule has 0 aromatic carbocycles. The molecule has 0 rings (SSSR count). The third kappa shape index (κ3) is 38.1. The van der Waals surface area contributed by atoms with Crippen LogP contribution in [0.4, 0.5) is 0 Å². The normalized spacial score (nSPS) is 8.48. The van der Waals surface area contributed by atoms with Gasteiger partial charge in [-0.3, -0.25) is 4.79 Å². The van der Waals surface area contributed by atoms with Crippen LogP contribution in [0.1, 0.15) is 20.8 Å². The molecular weight excluding hydrogens is 348 g/mol. The molecule has 0 heterocycles. The second-order valence-electron chi connectivity index (χ2n) is 4.14. The first kappa shape index (κ1) is 23.9. The molecule has 0 amide bonds. The Bertz CT molecular complexity index is 417. The Hall–Kier alpha value is -2.13. The van der Waals surface area contributed by atoms with Gasteiger partial charge in [0, 0.05) is 0 Å². The van der Waals surface area contributed by atoms with Crippen molar-refractivity contribution in [1.29, 1.82) is 0 Å². The minimum absolute atomic E-state index is 0.0347. The summed E-state index contributed by atoms with van der Waals surface area (Å²) in [5, 5.41) is 15.4. The van der Waals surface area contributed by atoms with Gasteiger partial charge in [0.25, 0.3) is 0 Å². The van der Waals surface area contributed by atoms with Crippen molar-refractivity contribution in [3.63, 3.8) is 0 Å². The molecule has 2 N–H and O–H groups in total. The van der Waals surface area contributed by atoms with E-state index in [1.54, 1.807) is 20.8 Å². The number of rotatable bonds is 3. The number of aliphatic carboxylic acids is 2. The standard InChI is InChI=1S/C7H11NO2.C3H3NO2.C2H3BrO2/c1-7(2,3)10-6(9)5-8-4;1-4-2-3(5)6;3-1-2(4)5/h5H2,1-3H3;2H2,(H,5,6);1H2,(H,4,5). The van der Waals surface area contributed by atoms with Crippen LogP contribution >= 0.6 is 15.9 Å². The summed E-state index contributed by atoms with van der Waals surface area (Å²) in [5.74, 6) is -2.35. The number of carboxylic acid groups (broad SMARTS) is 2. The van der Waals surface area contributed by atoms with Crippen LogP contribution in [0.2, 0.25) is 0 Å². The summed E-state index contributed by atoms with van der Waals surface area (Å²) in [6.07, 6.45) is 0. The van der Waals surface area contributed by atoms with Crippen LogP contribution in [-0.2, 0) is 19.1 Å². The van der Waals surface area contributed by atoms with Crippen molar-refractivity contribution in [1.82, 2.24) is 0 Å². The molecule has 0 fully saturated rings. The summed E-state index contributed by atoms with van der Waals surface area (Å²) in [7, 11) is 0. The molecule has 8 nitrogen and oxygen atoms in total. The van der Waals surface area contributed by atoms with Crippen molar-refractivity contribution in [2.45, 2.75) is 26.4 Å². The molecule has 0 saturated heterocycles. The van der Waals surface area contributed by atoms with E-state index in [1.807, 2.05) is 0 Å². The van der Waals surface area contributed by atoms with Gasteiger partial charge in [-0.15, -0.1) is 0 Å². The van der Waals surface area contributed by atoms with Crippen LogP contribution in [-0.4, -0.2) is 52.1 Å². The predicted octanol–water partition coefficient (Wildman–Crippen LogP) is 1.70. The fourth-order valence-electron chi connectivity index (χ4n) is 0.506. The van der Waals surface area contributed by atoms with Gasteiger partial charge < -0.3 is 24.6 Å². The Morgan fingerprint density at radius 3 is 1.57 bits per heavy atom. The third-order valence-corrected chi connectivity index (χ3v) is 1.44. The first-order valence-corrected chi connectivity index (χ1v) is 6.50. The van der Waals surface area contributed by atoms with Gasteiger partial charge in [0.05, 0.1) is 0 Å². The fraction of sp³-hybridized carbons (Fsp3) is 0.583. The zero-order chi connectivity index (χ0) is 17.5. The van der Waals surface area contributed by atoms with Gasteiger partial charge in [-0.1, -0.05) is 15.9 Å². The lowest BCUT2D eigenvalue weighted by Gasteiger charge is -2.17. The van der Waals surface area contributed by atoms with Crippen molar-refractivity contribution in [2.24, 2.45) is 0 Å². The average molecular weight is 365 g/mol. The highest BCUT2D eigenvalue weighted by Gasteiger charge is 2.17. The van der Waals surface area contributed by atoms with Crippen molar-refractivity contribution in [3.8, 4) is 0 Å². The van der Waals surface area contributed by atoms with E-state index in [0.717, 1.165) is 0 Å². The number of hydrogen-bond acceptors (Lipinski definition) is 4. The minimum Gasteiger partial charge on any atom is -0.481 e. The zero-order valence-electron chi connectivity index (χ0n) is 11.9. The number of hydrogen-bond donors (Lipinski definition) is 2. The number of esters is 1. The Kier molecular flexibility index (Phi) is 16.3. The van der Waals surface area contributed by atoms with Crippen molar-refractivity contribution >= 4 is 33.8 Å². The molecule has 0 aliphatic heterocycles. The topological polar surface area (TPSA) is 110 Å². The molecule has 21 heavy (non-hydrogen) atoms. The lowest BCUT2D eigenvalue weighted by molar-refractivity contribution is -0.152. The second-order valence-corrected chi connectivity index (χ2v) is 4.70. The van der Waals surface area contributed by atoms with E-state index in [1.165, 1.54) is 0 Å². The maximum Gasteiger partial charge on any atom is 0.387 e. The molecule has 118 valence electrons. The van der Waals surface area contributed by atoms with E-state index in [2.05, 4.69) is 25.6 Å². The minimum atomic E-state index is -1.06. The molecule has 0 aliphatic rings. The largest absolute Gasteiger partial charge is 0.481 e. The van der Waals surface area contributed by atoms with E-state index in [9.17, 15) is 14.4 Å². The van der Waals surface area contributed by atoms with Gasteiger partial charge >= 0.3 is 31.0 Å². The van der Waals surface area contributed by atoms with Crippen molar-refractivity contribution < 1.29 is 29.3 Å². The molecule has 0 atom stereocenters. The van der Waals surface area contributed by atoms with Crippen molar-refractivity contribution in [2.75, 3.05) is 18.4 Å². The molecular formula is C12H17BrN2O6. The molecule has 0 radical (unpaired) electrons. The second kappa shape index (κ2) is 14.3. The SMILES string of the molecule is O=C(O)CBr.[C-]#[N+]CC(=O)O.[C-]#[N+]CC(=O)OC(C)(C)C. The van der Waals surface area contributed by atoms with Gasteiger partial charge in [-0.05, 0) is 20.8 Å². The summed E-state index contributed by atoms with van der Waals surface area (Å²) in [6, 6.07) is 0. The number of halogens is 1. The van der Waals surface area contributed by atoms with Crippen LogP contribution < -0.4 is 0 Å². The monoisotopic (exact) mass is 364 g/mol. The molecule has 0 aromatic rings. The maximum atomic E-state index is 10.6. The number of carbonyl (C=O) groups is 3. The highest BCUT2D eigenvalue weighted by molar-refractivity contribution is 9.09. The maximum absolute atomic E-state index is 10.6. The van der Waals surface area contributed by atoms with Crippen LogP contribution in [0.15, 0.2) is 0 Å². The van der Waals surface area contributed by atoms with Crippen LogP contribution in [0.25, 0.3) is 9.69 Å². The first-order valence-electron chi connectivity index (χ1n) is 5.38. The van der Waals surface area contributed by atoms with Crippen LogP contribution in [0, 0.1) is 13.1 Å². The Morgan fingerprint density at radius 2 is 1.43 bits per heavy atom. The number of nitrogens with zero attached hydrogens (tertiary/aromatic N) is 2. The molecule has 0 saturated carbocycles. The molecule has 0 aliphatic carbocycles. The van der Waals surface area contributed by atoms with E-state index >= 15 is 0 Å². The quantitative estimate of drug-likeness (QED) is 0.448. The zero-order valence-corrected chi connectivity index (χ0v) is 13.5. The lowest BCUT2D eigenvalue weighted by atomic mass is 10.2. The summed E-state index contributed by atoms with van der Waals surface area (Å²) in [6.45, 7) is 17.1. The van der Waals surface area contributed by atoms with E-state index < -0.39 is 30.1 Å². The fourth-order valence-corrected chi connectivity index (χ4v) is 0.506. The van der Waals surface area contributed by atoms with Gasteiger partial charge in [-0.25, -0.2) is 22.7 Å². The molecule has 0 spiro atoms. The van der Waals surface area contributed by atoms with Gasteiger partial charge in [-0.2, -0.15) is 0 Å². The smallest absolute Gasteiger partial charge is 0.387 e. The van der Waals surface area contributed by atoms with Crippen molar-refractivity contribution in [3.05, 3.63) is 22.8 Å². The number of carbonyl (C=O) groups excluding carboxylic acids is 1. The van der Waals surface area contributed by atoms with E-state index in [-0.39, 0.29) is 11.9 Å². The Labute approximate surface area is 131 Å². The number of carboxylic acids is 2. The predicted molar refractivity (Wildman–Crippen MR) is 77.8 cm³/mol. The van der Waals surface area contributed by atoms with E-state index in [0.29, 0.717) is 0 Å². The summed E-state index contributed by atoms with van der Waals surface area (Å²) in [4.78, 5) is 34.8. The molecule has 0 aromatic heterocycles. The van der Waals surface area contributed by atoms with Gasteiger partial charge in [0.1, 0.15) is 10.9 Å². The first-order chi connectivity index (χ1) is 9.49. The van der Waals surface area contributed by atoms with Gasteiger partial charge in [0.15, 0.2) is 0 Å². The Balaban J connectivity index is -0.000000252. The molecule has 0 bridgehead atoms. The summed E-state index contributed by atoms with van der Waals surface area (Å²) < 4.78 is 4.83. The Morgan fingerprint density at radius 1 is 1.05 bits per heavy atom. The van der Waals surface area contributed by atoms with Crippen LogP contribution in [0.5, 0.6) is 0 Å². The molecule has 0 unspecified atom stereocenters.